The summed E-state index contributed by atoms with van der Waals surface area (Å²) in [5.74, 6) is 0.101. The molecule has 1 saturated carbocycles. The number of hydrogen-bond donors (Lipinski definition) is 1. The van der Waals surface area contributed by atoms with Crippen molar-refractivity contribution in [3.8, 4) is 0 Å². The maximum absolute atomic E-state index is 13.5. The van der Waals surface area contributed by atoms with Crippen LogP contribution >= 0.6 is 0 Å². The van der Waals surface area contributed by atoms with Crippen molar-refractivity contribution >= 4 is 18.0 Å². The molecule has 2 aromatic rings. The lowest BCUT2D eigenvalue weighted by Crippen LogP contribution is -2.52. The number of carbonyl (C=O) groups is 2. The Morgan fingerprint density at radius 3 is 2.16 bits per heavy atom. The third-order valence-electron chi connectivity index (χ3n) is 6.83. The van der Waals surface area contributed by atoms with Gasteiger partial charge >= 0.3 is 6.03 Å². The summed E-state index contributed by atoms with van der Waals surface area (Å²) in [6.45, 7) is 4.81. The molecule has 0 radical (unpaired) electrons. The Kier molecular flexibility index (Phi) is 5.81. The fraction of sp³-hybridized carbons (Fsp3) is 0.385. The first kappa shape index (κ1) is 20.9. The smallest absolute Gasteiger partial charge is 0.319 e. The van der Waals surface area contributed by atoms with Crippen molar-refractivity contribution in [1.29, 1.82) is 0 Å². The van der Waals surface area contributed by atoms with E-state index < -0.39 is 5.54 Å². The highest BCUT2D eigenvalue weighted by Crippen LogP contribution is 2.48. The van der Waals surface area contributed by atoms with Crippen LogP contribution in [0.3, 0.4) is 0 Å². The monoisotopic (exact) mass is 430 g/mol. The van der Waals surface area contributed by atoms with Crippen LogP contribution in [0.5, 0.6) is 0 Å². The van der Waals surface area contributed by atoms with E-state index in [1.54, 1.807) is 0 Å². The van der Waals surface area contributed by atoms with Crippen molar-refractivity contribution in [3.63, 3.8) is 0 Å². The van der Waals surface area contributed by atoms with Crippen LogP contribution in [-0.2, 0) is 10.3 Å². The number of amides is 3. The molecule has 3 aliphatic rings. The quantitative estimate of drug-likeness (QED) is 0.686. The highest BCUT2D eigenvalue weighted by atomic mass is 16.2. The second-order valence-corrected chi connectivity index (χ2v) is 8.98. The number of piperazine rings is 1. The first-order chi connectivity index (χ1) is 15.7. The number of urea groups is 1. The van der Waals surface area contributed by atoms with Gasteiger partial charge in [0.1, 0.15) is 5.54 Å². The van der Waals surface area contributed by atoms with Crippen LogP contribution in [0.4, 0.5) is 4.79 Å². The molecule has 1 aliphatic carbocycles. The summed E-state index contributed by atoms with van der Waals surface area (Å²) >= 11 is 0. The zero-order chi connectivity index (χ0) is 22.0. The molecule has 3 fully saturated rings. The van der Waals surface area contributed by atoms with Crippen LogP contribution < -0.4 is 5.32 Å². The van der Waals surface area contributed by atoms with Crippen molar-refractivity contribution < 1.29 is 9.59 Å². The van der Waals surface area contributed by atoms with E-state index in [2.05, 4.69) is 39.4 Å². The van der Waals surface area contributed by atoms with Gasteiger partial charge < -0.3 is 5.32 Å². The van der Waals surface area contributed by atoms with Gasteiger partial charge in [-0.25, -0.2) is 9.69 Å². The molecule has 0 aromatic heterocycles. The normalized spacial score (nSPS) is 24.9. The summed E-state index contributed by atoms with van der Waals surface area (Å²) in [5, 5.41) is 3.08. The van der Waals surface area contributed by atoms with Gasteiger partial charge in [-0.2, -0.15) is 0 Å². The number of carbonyl (C=O) groups excluding carboxylic acids is 2. The zero-order valence-electron chi connectivity index (χ0n) is 18.3. The summed E-state index contributed by atoms with van der Waals surface area (Å²) in [4.78, 5) is 32.4. The maximum atomic E-state index is 13.5. The van der Waals surface area contributed by atoms with Crippen LogP contribution in [0.1, 0.15) is 24.0 Å². The fourth-order valence-electron chi connectivity index (χ4n) is 4.86. The Hall–Kier alpha value is -2.96. The van der Waals surface area contributed by atoms with Crippen molar-refractivity contribution in [2.45, 2.75) is 18.4 Å². The number of nitrogens with zero attached hydrogens (tertiary/aromatic N) is 3. The van der Waals surface area contributed by atoms with Crippen LogP contribution in [0.25, 0.3) is 6.08 Å². The highest BCUT2D eigenvalue weighted by molar-refractivity contribution is 6.07. The molecule has 1 atom stereocenters. The lowest BCUT2D eigenvalue weighted by Gasteiger charge is -2.35. The molecular formula is C26H30N4O2. The maximum Gasteiger partial charge on any atom is 0.326 e. The molecule has 2 aromatic carbocycles. The number of nitrogens with one attached hydrogen (secondary N) is 1. The lowest BCUT2D eigenvalue weighted by molar-refractivity contribution is -0.134. The number of hydrogen-bond acceptors (Lipinski definition) is 4. The van der Waals surface area contributed by atoms with E-state index in [0.717, 1.165) is 51.1 Å². The molecule has 5 rings (SSSR count). The van der Waals surface area contributed by atoms with Crippen molar-refractivity contribution in [2.24, 2.45) is 5.92 Å². The van der Waals surface area contributed by atoms with Gasteiger partial charge in [-0.15, -0.1) is 0 Å². The highest BCUT2D eigenvalue weighted by Gasteiger charge is 2.60. The Labute approximate surface area is 189 Å². The van der Waals surface area contributed by atoms with E-state index in [9.17, 15) is 9.59 Å². The summed E-state index contributed by atoms with van der Waals surface area (Å²) in [7, 11) is 0. The molecule has 32 heavy (non-hydrogen) atoms. The lowest BCUT2D eigenvalue weighted by atomic mass is 9.85. The largest absolute Gasteiger partial charge is 0.326 e. The van der Waals surface area contributed by atoms with Crippen molar-refractivity contribution in [1.82, 2.24) is 20.0 Å². The van der Waals surface area contributed by atoms with Gasteiger partial charge in [0.25, 0.3) is 5.91 Å². The Bertz CT molecular complexity index is 981. The molecule has 2 aliphatic heterocycles. The van der Waals surface area contributed by atoms with E-state index in [4.69, 9.17) is 0 Å². The zero-order valence-corrected chi connectivity index (χ0v) is 18.3. The Balaban J connectivity index is 1.18. The van der Waals surface area contributed by atoms with Gasteiger partial charge in [0.2, 0.25) is 0 Å². The Morgan fingerprint density at radius 2 is 1.50 bits per heavy atom. The van der Waals surface area contributed by atoms with Gasteiger partial charge in [-0.1, -0.05) is 72.8 Å². The molecule has 0 spiro atoms. The minimum absolute atomic E-state index is 0.0931. The number of benzene rings is 2. The molecule has 1 unspecified atom stereocenters. The van der Waals surface area contributed by atoms with Gasteiger partial charge in [-0.05, 0) is 29.9 Å². The molecule has 0 bridgehead atoms. The van der Waals surface area contributed by atoms with Crippen LogP contribution in [0, 0.1) is 5.92 Å². The summed E-state index contributed by atoms with van der Waals surface area (Å²) < 4.78 is 0. The van der Waals surface area contributed by atoms with E-state index in [-0.39, 0.29) is 17.9 Å². The Morgan fingerprint density at radius 1 is 0.875 bits per heavy atom. The average Bonchev–Trinajstić information content (AvgIpc) is 3.65. The molecule has 3 amide bonds. The van der Waals surface area contributed by atoms with Crippen molar-refractivity contribution in [3.05, 3.63) is 77.9 Å². The van der Waals surface area contributed by atoms with Crippen LogP contribution in [-0.4, -0.2) is 66.0 Å². The van der Waals surface area contributed by atoms with Crippen LogP contribution in [0.15, 0.2) is 66.7 Å². The molecule has 2 saturated heterocycles. The van der Waals surface area contributed by atoms with E-state index in [1.165, 1.54) is 10.5 Å². The second kappa shape index (κ2) is 8.88. The third kappa shape index (κ3) is 4.08. The van der Waals surface area contributed by atoms with Gasteiger partial charge in [-0.3, -0.25) is 14.6 Å². The SMILES string of the molecule is O=C1NC(c2ccccc2)(C2CC2)C(=O)N1CN1CCN(C/C=C/c2ccccc2)CC1. The fourth-order valence-corrected chi connectivity index (χ4v) is 4.86. The van der Waals surface area contributed by atoms with Gasteiger partial charge in [0.15, 0.2) is 0 Å². The van der Waals surface area contributed by atoms with Gasteiger partial charge in [0.05, 0.1) is 6.67 Å². The average molecular weight is 431 g/mol. The minimum atomic E-state index is -0.887. The van der Waals surface area contributed by atoms with E-state index in [1.807, 2.05) is 48.5 Å². The van der Waals surface area contributed by atoms with E-state index in [0.29, 0.717) is 6.67 Å². The molecule has 1 N–H and O–H groups in total. The van der Waals surface area contributed by atoms with Gasteiger partial charge in [0, 0.05) is 32.7 Å². The molecule has 2 heterocycles. The molecule has 6 nitrogen and oxygen atoms in total. The van der Waals surface area contributed by atoms with E-state index >= 15 is 0 Å². The first-order valence-electron chi connectivity index (χ1n) is 11.5. The van der Waals surface area contributed by atoms with Crippen molar-refractivity contribution in [2.75, 3.05) is 39.4 Å². The number of rotatable bonds is 7. The molecule has 166 valence electrons. The summed E-state index contributed by atoms with van der Waals surface area (Å²) in [5.41, 5.74) is 1.23. The minimum Gasteiger partial charge on any atom is -0.319 e. The third-order valence-corrected chi connectivity index (χ3v) is 6.83. The predicted molar refractivity (Wildman–Crippen MR) is 125 cm³/mol. The molecular weight excluding hydrogens is 400 g/mol. The summed E-state index contributed by atoms with van der Waals surface area (Å²) in [6, 6.07) is 19.8. The first-order valence-corrected chi connectivity index (χ1v) is 11.5. The molecule has 6 heteroatoms. The standard InChI is InChI=1S/C26H30N4O2/c31-24-26(23-13-14-23,22-11-5-2-6-12-22)27-25(32)30(24)20-29-18-16-28(17-19-29)15-7-10-21-8-3-1-4-9-21/h1-12,23H,13-20H2,(H,27,32)/b10-7+. The predicted octanol–water partition coefficient (Wildman–Crippen LogP) is 3.13. The van der Waals surface area contributed by atoms with Crippen LogP contribution in [0.2, 0.25) is 0 Å². The second-order valence-electron chi connectivity index (χ2n) is 8.98. The topological polar surface area (TPSA) is 55.9 Å². The number of imide groups is 1. The summed E-state index contributed by atoms with van der Waals surface area (Å²) in [6.07, 6.45) is 6.31.